The molecule has 2 N–H and O–H groups in total. The zero-order valence-electron chi connectivity index (χ0n) is 10.0. The first-order valence-corrected chi connectivity index (χ1v) is 5.39. The quantitative estimate of drug-likeness (QED) is 0.757. The molecular weight excluding hydrogens is 222 g/mol. The fourth-order valence-electron chi connectivity index (χ4n) is 1.28. The molecule has 0 saturated heterocycles. The topological polar surface area (TPSA) is 84.2 Å². The summed E-state index contributed by atoms with van der Waals surface area (Å²) in [6, 6.07) is 1.80. The number of carboxylic acids is 1. The number of aliphatic carboxylic acids is 1. The summed E-state index contributed by atoms with van der Waals surface area (Å²) < 4.78 is 1.70. The predicted molar refractivity (Wildman–Crippen MR) is 61.3 cm³/mol. The van der Waals surface area contributed by atoms with Crippen molar-refractivity contribution in [1.29, 1.82) is 0 Å². The van der Waals surface area contributed by atoms with Gasteiger partial charge in [-0.05, 0) is 19.9 Å². The van der Waals surface area contributed by atoms with Crippen molar-refractivity contribution in [2.75, 3.05) is 6.54 Å². The largest absolute Gasteiger partial charge is 0.481 e. The smallest absolute Gasteiger partial charge is 0.309 e. The van der Waals surface area contributed by atoms with E-state index in [1.807, 2.05) is 0 Å². The van der Waals surface area contributed by atoms with Crippen molar-refractivity contribution in [2.45, 2.75) is 26.8 Å². The molecule has 1 heterocycles. The second-order valence-electron chi connectivity index (χ2n) is 4.48. The molecule has 17 heavy (non-hydrogen) atoms. The predicted octanol–water partition coefficient (Wildman–Crippen LogP) is 0.500. The third kappa shape index (κ3) is 4.26. The number of amides is 1. The van der Waals surface area contributed by atoms with Crippen molar-refractivity contribution < 1.29 is 14.7 Å². The summed E-state index contributed by atoms with van der Waals surface area (Å²) in [6.45, 7) is 4.08. The van der Waals surface area contributed by atoms with Crippen LogP contribution in [0, 0.1) is 5.41 Å². The number of aromatic nitrogens is 2. The molecule has 0 aliphatic rings. The van der Waals surface area contributed by atoms with E-state index >= 15 is 0 Å². The second-order valence-corrected chi connectivity index (χ2v) is 4.48. The summed E-state index contributed by atoms with van der Waals surface area (Å²) in [6.07, 6.45) is 3.43. The molecule has 1 amide bonds. The van der Waals surface area contributed by atoms with Crippen LogP contribution in [-0.4, -0.2) is 33.3 Å². The lowest BCUT2D eigenvalue weighted by atomic mass is 9.89. The minimum atomic E-state index is -1.03. The maximum Gasteiger partial charge on any atom is 0.309 e. The zero-order valence-corrected chi connectivity index (χ0v) is 10.0. The Balaban J connectivity index is 2.28. The van der Waals surface area contributed by atoms with E-state index in [-0.39, 0.29) is 12.3 Å². The molecule has 1 rings (SSSR count). The van der Waals surface area contributed by atoms with Gasteiger partial charge in [-0.2, -0.15) is 5.10 Å². The third-order valence-electron chi connectivity index (χ3n) is 2.40. The van der Waals surface area contributed by atoms with Gasteiger partial charge in [0.1, 0.15) is 0 Å². The van der Waals surface area contributed by atoms with Crippen LogP contribution in [0.5, 0.6) is 0 Å². The van der Waals surface area contributed by atoms with E-state index in [1.165, 1.54) is 13.8 Å². The summed E-state index contributed by atoms with van der Waals surface area (Å²) in [7, 11) is 0. The molecule has 1 aromatic heterocycles. The summed E-state index contributed by atoms with van der Waals surface area (Å²) in [5, 5.41) is 15.5. The van der Waals surface area contributed by atoms with Gasteiger partial charge in [-0.15, -0.1) is 0 Å². The summed E-state index contributed by atoms with van der Waals surface area (Å²) in [5.74, 6) is -1.23. The van der Waals surface area contributed by atoms with Gasteiger partial charge in [-0.3, -0.25) is 14.3 Å². The van der Waals surface area contributed by atoms with Crippen molar-refractivity contribution in [1.82, 2.24) is 15.1 Å². The Labute approximate surface area is 99.6 Å². The maximum absolute atomic E-state index is 11.5. The molecule has 6 heteroatoms. The van der Waals surface area contributed by atoms with Gasteiger partial charge in [0.15, 0.2) is 0 Å². The van der Waals surface area contributed by atoms with E-state index in [0.29, 0.717) is 13.1 Å². The lowest BCUT2D eigenvalue weighted by Gasteiger charge is -2.18. The van der Waals surface area contributed by atoms with Crippen LogP contribution in [0.15, 0.2) is 18.5 Å². The van der Waals surface area contributed by atoms with Crippen LogP contribution >= 0.6 is 0 Å². The van der Waals surface area contributed by atoms with Crippen molar-refractivity contribution in [3.63, 3.8) is 0 Å². The number of nitrogens with one attached hydrogen (secondary N) is 1. The van der Waals surface area contributed by atoms with E-state index in [4.69, 9.17) is 5.11 Å². The molecule has 6 nitrogen and oxygen atoms in total. The highest BCUT2D eigenvalue weighted by atomic mass is 16.4. The van der Waals surface area contributed by atoms with Gasteiger partial charge < -0.3 is 10.4 Å². The van der Waals surface area contributed by atoms with Crippen molar-refractivity contribution in [2.24, 2.45) is 5.41 Å². The van der Waals surface area contributed by atoms with Crippen LogP contribution in [0.3, 0.4) is 0 Å². The molecule has 0 aromatic carbocycles. The third-order valence-corrected chi connectivity index (χ3v) is 2.40. The van der Waals surface area contributed by atoms with E-state index in [9.17, 15) is 9.59 Å². The van der Waals surface area contributed by atoms with Gasteiger partial charge in [0.2, 0.25) is 5.91 Å². The van der Waals surface area contributed by atoms with Gasteiger partial charge in [0.05, 0.1) is 12.0 Å². The van der Waals surface area contributed by atoms with Gasteiger partial charge in [0, 0.05) is 25.4 Å². The van der Waals surface area contributed by atoms with Crippen LogP contribution < -0.4 is 5.32 Å². The molecule has 94 valence electrons. The number of carboxylic acid groups (broad SMARTS) is 1. The normalized spacial score (nSPS) is 11.2. The van der Waals surface area contributed by atoms with E-state index in [0.717, 1.165) is 0 Å². The van der Waals surface area contributed by atoms with Gasteiger partial charge >= 0.3 is 5.97 Å². The first-order valence-electron chi connectivity index (χ1n) is 5.39. The SMILES string of the molecule is CC(C)(CC(=O)NCCn1cccn1)C(=O)O. The molecule has 0 aliphatic carbocycles. The Hall–Kier alpha value is -1.85. The Bertz CT molecular complexity index is 385. The molecule has 0 unspecified atom stereocenters. The van der Waals surface area contributed by atoms with Crippen LogP contribution in [-0.2, 0) is 16.1 Å². The monoisotopic (exact) mass is 239 g/mol. The average molecular weight is 239 g/mol. The fraction of sp³-hybridized carbons (Fsp3) is 0.545. The highest BCUT2D eigenvalue weighted by Crippen LogP contribution is 2.19. The molecule has 0 atom stereocenters. The summed E-state index contributed by atoms with van der Waals surface area (Å²) >= 11 is 0. The van der Waals surface area contributed by atoms with E-state index < -0.39 is 11.4 Å². The van der Waals surface area contributed by atoms with Crippen molar-refractivity contribution in [3.8, 4) is 0 Å². The molecule has 0 radical (unpaired) electrons. The van der Waals surface area contributed by atoms with E-state index in [1.54, 1.807) is 23.1 Å². The number of hydrogen-bond acceptors (Lipinski definition) is 3. The summed E-state index contributed by atoms with van der Waals surface area (Å²) in [5.41, 5.74) is -1.03. The minimum absolute atomic E-state index is 0.0263. The number of carbonyl (C=O) groups excluding carboxylic acids is 1. The Kier molecular flexibility index (Phi) is 4.25. The number of rotatable bonds is 6. The van der Waals surface area contributed by atoms with Gasteiger partial charge in [0.25, 0.3) is 0 Å². The van der Waals surface area contributed by atoms with Crippen LogP contribution in [0.2, 0.25) is 0 Å². The Morgan fingerprint density at radius 3 is 2.71 bits per heavy atom. The molecule has 0 bridgehead atoms. The van der Waals surface area contributed by atoms with Gasteiger partial charge in [-0.25, -0.2) is 0 Å². The van der Waals surface area contributed by atoms with Crippen LogP contribution in [0.4, 0.5) is 0 Å². The van der Waals surface area contributed by atoms with Crippen molar-refractivity contribution >= 4 is 11.9 Å². The number of hydrogen-bond donors (Lipinski definition) is 2. The highest BCUT2D eigenvalue weighted by Gasteiger charge is 2.29. The first-order chi connectivity index (χ1) is 7.92. The highest BCUT2D eigenvalue weighted by molar-refractivity contribution is 5.84. The minimum Gasteiger partial charge on any atom is -0.481 e. The zero-order chi connectivity index (χ0) is 12.9. The first kappa shape index (κ1) is 13.2. The molecule has 0 saturated carbocycles. The van der Waals surface area contributed by atoms with Gasteiger partial charge in [-0.1, -0.05) is 0 Å². The molecular formula is C11H17N3O3. The summed E-state index contributed by atoms with van der Waals surface area (Å²) in [4.78, 5) is 22.3. The molecule has 1 aromatic rings. The molecule has 0 spiro atoms. The van der Waals surface area contributed by atoms with Crippen LogP contribution in [0.1, 0.15) is 20.3 Å². The lowest BCUT2D eigenvalue weighted by molar-refractivity contribution is -0.149. The maximum atomic E-state index is 11.5. The standard InChI is InChI=1S/C11H17N3O3/c1-11(2,10(16)17)8-9(15)12-5-7-14-6-3-4-13-14/h3-4,6H,5,7-8H2,1-2H3,(H,12,15)(H,16,17). The van der Waals surface area contributed by atoms with Crippen molar-refractivity contribution in [3.05, 3.63) is 18.5 Å². The number of nitrogens with zero attached hydrogens (tertiary/aromatic N) is 2. The molecule has 0 fully saturated rings. The second kappa shape index (κ2) is 5.47. The molecule has 0 aliphatic heterocycles. The van der Waals surface area contributed by atoms with Crippen LogP contribution in [0.25, 0.3) is 0 Å². The number of carbonyl (C=O) groups is 2. The Morgan fingerprint density at radius 1 is 1.47 bits per heavy atom. The Morgan fingerprint density at radius 2 is 2.18 bits per heavy atom. The lowest BCUT2D eigenvalue weighted by Crippen LogP contribution is -2.34. The average Bonchev–Trinajstić information content (AvgIpc) is 2.69. The van der Waals surface area contributed by atoms with E-state index in [2.05, 4.69) is 10.4 Å². The fourth-order valence-corrected chi connectivity index (χ4v) is 1.28.